The lowest BCUT2D eigenvalue weighted by Crippen LogP contribution is -2.37. The summed E-state index contributed by atoms with van der Waals surface area (Å²) in [5.74, 6) is 0.568. The molecule has 5 nitrogen and oxygen atoms in total. The summed E-state index contributed by atoms with van der Waals surface area (Å²) in [6, 6.07) is 19.3. The van der Waals surface area contributed by atoms with Crippen LogP contribution in [0, 0.1) is 0 Å². The Kier molecular flexibility index (Phi) is 5.62. The van der Waals surface area contributed by atoms with E-state index in [-0.39, 0.29) is 11.8 Å². The molecule has 148 valence electrons. The van der Waals surface area contributed by atoms with E-state index in [0.29, 0.717) is 30.9 Å². The summed E-state index contributed by atoms with van der Waals surface area (Å²) in [7, 11) is 0. The zero-order chi connectivity index (χ0) is 20.2. The maximum Gasteiger partial charge on any atom is 0.263 e. The van der Waals surface area contributed by atoms with Gasteiger partial charge in [-0.15, -0.1) is 11.3 Å². The topological polar surface area (TPSA) is 58.6 Å². The van der Waals surface area contributed by atoms with E-state index < -0.39 is 6.10 Å². The van der Waals surface area contributed by atoms with Crippen molar-refractivity contribution in [3.63, 3.8) is 0 Å². The first-order valence-corrected chi connectivity index (χ1v) is 10.4. The first-order valence-electron chi connectivity index (χ1n) is 9.53. The molecule has 1 aliphatic heterocycles. The summed E-state index contributed by atoms with van der Waals surface area (Å²) in [5.41, 5.74) is 2.65. The quantitative estimate of drug-likeness (QED) is 0.690. The first kappa shape index (κ1) is 19.2. The summed E-state index contributed by atoms with van der Waals surface area (Å²) in [6.45, 7) is 2.72. The molecular weight excluding hydrogens is 384 g/mol. The number of carbonyl (C=O) groups is 2. The number of fused-ring (bicyclic) bond motifs is 1. The largest absolute Gasteiger partial charge is 0.481 e. The molecule has 0 bridgehead atoms. The lowest BCUT2D eigenvalue weighted by Gasteiger charge is -2.22. The molecule has 6 heteroatoms. The second kappa shape index (κ2) is 8.49. The van der Waals surface area contributed by atoms with Gasteiger partial charge in [0.1, 0.15) is 5.75 Å². The van der Waals surface area contributed by atoms with E-state index >= 15 is 0 Å². The number of nitrogens with one attached hydrogen (secondary N) is 1. The normalized spacial score (nSPS) is 16.0. The lowest BCUT2D eigenvalue weighted by molar-refractivity contribution is -0.138. The zero-order valence-corrected chi connectivity index (χ0v) is 16.9. The summed E-state index contributed by atoms with van der Waals surface area (Å²) < 4.78 is 5.88. The third-order valence-electron chi connectivity index (χ3n) is 4.80. The average molecular weight is 407 g/mol. The van der Waals surface area contributed by atoms with Crippen LogP contribution >= 0.6 is 11.3 Å². The van der Waals surface area contributed by atoms with E-state index in [9.17, 15) is 9.59 Å². The third kappa shape index (κ3) is 4.66. The van der Waals surface area contributed by atoms with E-state index in [1.807, 2.05) is 66.0 Å². The fourth-order valence-electron chi connectivity index (χ4n) is 3.39. The van der Waals surface area contributed by atoms with Crippen LogP contribution in [0.1, 0.15) is 22.9 Å². The van der Waals surface area contributed by atoms with Gasteiger partial charge in [0.2, 0.25) is 5.91 Å². The van der Waals surface area contributed by atoms with Gasteiger partial charge >= 0.3 is 0 Å². The minimum atomic E-state index is -0.556. The van der Waals surface area contributed by atoms with Crippen LogP contribution in [0.15, 0.2) is 66.0 Å². The fourth-order valence-corrected chi connectivity index (χ4v) is 4.09. The Balaban J connectivity index is 1.52. The average Bonchev–Trinajstić information content (AvgIpc) is 3.18. The predicted molar refractivity (Wildman–Crippen MR) is 114 cm³/mol. The highest BCUT2D eigenvalue weighted by atomic mass is 32.1. The molecule has 3 aromatic rings. The molecule has 1 N–H and O–H groups in total. The highest BCUT2D eigenvalue weighted by Gasteiger charge is 2.28. The van der Waals surface area contributed by atoms with Crippen LogP contribution in [0.25, 0.3) is 0 Å². The molecule has 1 aromatic heterocycles. The van der Waals surface area contributed by atoms with Crippen molar-refractivity contribution in [2.75, 3.05) is 5.32 Å². The number of ether oxygens (including phenoxy) is 1. The van der Waals surface area contributed by atoms with Crippen LogP contribution in [0.3, 0.4) is 0 Å². The summed E-state index contributed by atoms with van der Waals surface area (Å²) in [4.78, 5) is 27.9. The summed E-state index contributed by atoms with van der Waals surface area (Å²) >= 11 is 1.56. The Hall–Kier alpha value is -3.12. The minimum Gasteiger partial charge on any atom is -0.481 e. The van der Waals surface area contributed by atoms with Gasteiger partial charge in [-0.05, 0) is 42.1 Å². The van der Waals surface area contributed by atoms with E-state index in [1.54, 1.807) is 23.2 Å². The SMILES string of the molecule is CC1Oc2ccc(NC(=O)Cc3cccs3)cc2CN(Cc2ccccc2)C1=O. The van der Waals surface area contributed by atoms with Crippen molar-refractivity contribution in [3.05, 3.63) is 82.0 Å². The number of rotatable bonds is 5. The fraction of sp³-hybridized carbons (Fsp3) is 0.217. The van der Waals surface area contributed by atoms with Gasteiger partial charge in [-0.3, -0.25) is 9.59 Å². The number of amides is 2. The van der Waals surface area contributed by atoms with Gasteiger partial charge in [0.15, 0.2) is 6.10 Å². The Morgan fingerprint density at radius 1 is 1.17 bits per heavy atom. The predicted octanol–water partition coefficient (Wildman–Crippen LogP) is 4.24. The Bertz CT molecular complexity index is 1000. The number of anilines is 1. The van der Waals surface area contributed by atoms with Crippen LogP contribution in [0.4, 0.5) is 5.69 Å². The molecule has 29 heavy (non-hydrogen) atoms. The highest BCUT2D eigenvalue weighted by molar-refractivity contribution is 7.10. The van der Waals surface area contributed by atoms with Gasteiger partial charge in [-0.2, -0.15) is 0 Å². The standard InChI is InChI=1S/C23H22N2O3S/c1-16-23(27)25(14-17-6-3-2-4-7-17)15-18-12-19(9-10-21(18)28-16)24-22(26)13-20-8-5-11-29-20/h2-12,16H,13-15H2,1H3,(H,24,26). The number of carbonyl (C=O) groups excluding carboxylic acids is 2. The number of nitrogens with zero attached hydrogens (tertiary/aromatic N) is 1. The van der Waals surface area contributed by atoms with Crippen molar-refractivity contribution < 1.29 is 14.3 Å². The Labute approximate surface area is 173 Å². The van der Waals surface area contributed by atoms with Crippen molar-refractivity contribution in [3.8, 4) is 5.75 Å². The molecule has 4 rings (SSSR count). The smallest absolute Gasteiger partial charge is 0.263 e. The van der Waals surface area contributed by atoms with Crippen molar-refractivity contribution in [2.24, 2.45) is 0 Å². The van der Waals surface area contributed by atoms with Gasteiger partial charge in [-0.25, -0.2) is 0 Å². The highest BCUT2D eigenvalue weighted by Crippen LogP contribution is 2.29. The van der Waals surface area contributed by atoms with Gasteiger partial charge in [0.25, 0.3) is 5.91 Å². The van der Waals surface area contributed by atoms with Gasteiger partial charge in [0, 0.05) is 29.2 Å². The number of hydrogen-bond donors (Lipinski definition) is 1. The molecule has 2 amide bonds. The van der Waals surface area contributed by atoms with Crippen LogP contribution in [0.5, 0.6) is 5.75 Å². The molecule has 0 aliphatic carbocycles. The van der Waals surface area contributed by atoms with Crippen molar-refractivity contribution in [1.29, 1.82) is 0 Å². The monoisotopic (exact) mass is 406 g/mol. The Morgan fingerprint density at radius 2 is 2.00 bits per heavy atom. The molecule has 0 saturated heterocycles. The van der Waals surface area contributed by atoms with Crippen LogP contribution in [-0.4, -0.2) is 22.8 Å². The molecule has 2 aromatic carbocycles. The maximum atomic E-state index is 12.8. The van der Waals surface area contributed by atoms with Gasteiger partial charge < -0.3 is 15.0 Å². The van der Waals surface area contributed by atoms with Crippen LogP contribution < -0.4 is 10.1 Å². The first-order chi connectivity index (χ1) is 14.1. The van der Waals surface area contributed by atoms with Crippen molar-refractivity contribution in [1.82, 2.24) is 4.90 Å². The van der Waals surface area contributed by atoms with E-state index in [1.165, 1.54) is 0 Å². The van der Waals surface area contributed by atoms with Crippen molar-refractivity contribution in [2.45, 2.75) is 32.5 Å². The van der Waals surface area contributed by atoms with Crippen LogP contribution in [0.2, 0.25) is 0 Å². The molecular formula is C23H22N2O3S. The maximum absolute atomic E-state index is 12.8. The number of hydrogen-bond acceptors (Lipinski definition) is 4. The minimum absolute atomic E-state index is 0.0478. The molecule has 0 radical (unpaired) electrons. The van der Waals surface area contributed by atoms with Gasteiger partial charge in [0.05, 0.1) is 6.42 Å². The zero-order valence-electron chi connectivity index (χ0n) is 16.1. The molecule has 0 saturated carbocycles. The number of thiophene rings is 1. The van der Waals surface area contributed by atoms with Gasteiger partial charge in [-0.1, -0.05) is 36.4 Å². The molecule has 1 aliphatic rings. The molecule has 0 spiro atoms. The molecule has 0 fully saturated rings. The Morgan fingerprint density at radius 3 is 2.76 bits per heavy atom. The van der Waals surface area contributed by atoms with Crippen LogP contribution in [-0.2, 0) is 29.1 Å². The molecule has 1 atom stereocenters. The second-order valence-electron chi connectivity index (χ2n) is 7.07. The molecule has 1 unspecified atom stereocenters. The molecule has 2 heterocycles. The third-order valence-corrected chi connectivity index (χ3v) is 5.68. The lowest BCUT2D eigenvalue weighted by atomic mass is 10.1. The summed E-state index contributed by atoms with van der Waals surface area (Å²) in [5, 5.41) is 4.91. The van der Waals surface area contributed by atoms with E-state index in [4.69, 9.17) is 4.74 Å². The second-order valence-corrected chi connectivity index (χ2v) is 8.10. The summed E-state index contributed by atoms with van der Waals surface area (Å²) in [6.07, 6.45) is -0.208. The number of benzene rings is 2. The van der Waals surface area contributed by atoms with Crippen molar-refractivity contribution >= 4 is 28.8 Å². The van der Waals surface area contributed by atoms with E-state index in [2.05, 4.69) is 5.32 Å². The van der Waals surface area contributed by atoms with E-state index in [0.717, 1.165) is 16.0 Å².